The molecule has 146 valence electrons. The highest BCUT2D eigenvalue weighted by molar-refractivity contribution is 5.91. The monoisotopic (exact) mass is 379 g/mol. The molecule has 4 rings (SSSR count). The largest absolute Gasteiger partial charge is 0.393 e. The van der Waals surface area contributed by atoms with Crippen molar-refractivity contribution in [1.82, 2.24) is 15.5 Å². The molecule has 1 atom stereocenters. The van der Waals surface area contributed by atoms with Gasteiger partial charge in [0.25, 0.3) is 5.91 Å². The van der Waals surface area contributed by atoms with Crippen molar-refractivity contribution in [2.24, 2.45) is 11.8 Å². The highest BCUT2D eigenvalue weighted by Crippen LogP contribution is 2.38. The Labute approximate surface area is 164 Å². The molecule has 1 aliphatic rings. The lowest BCUT2D eigenvalue weighted by molar-refractivity contribution is 0.0231. The number of fused-ring (bicyclic) bond motifs is 1. The standard InChI is InChI=1S/C22H25N3O3/c1-13(2)7-17-11-20(28-25-17)22(27)24-21(15-9-18(26)10-15)16-8-14-5-3-4-6-19(14)23-12-16/h3-6,8,11-13,15,18,21,26H,7,9-10H2,1-2H3,(H,24,27)/t15?,18?,21-/m0/s1. The number of para-hydroxylation sites is 1. The highest BCUT2D eigenvalue weighted by Gasteiger charge is 2.36. The molecule has 28 heavy (non-hydrogen) atoms. The first-order chi connectivity index (χ1) is 13.5. The molecule has 2 N–H and O–H groups in total. The molecule has 0 spiro atoms. The van der Waals surface area contributed by atoms with Crippen LogP contribution in [0.2, 0.25) is 0 Å². The van der Waals surface area contributed by atoms with Crippen LogP contribution >= 0.6 is 0 Å². The van der Waals surface area contributed by atoms with Gasteiger partial charge in [-0.1, -0.05) is 37.2 Å². The third kappa shape index (κ3) is 3.92. The number of carbonyl (C=O) groups excluding carboxylic acids is 1. The van der Waals surface area contributed by atoms with Crippen LogP contribution in [0, 0.1) is 11.8 Å². The Hall–Kier alpha value is -2.73. The van der Waals surface area contributed by atoms with Gasteiger partial charge in [0.15, 0.2) is 0 Å². The van der Waals surface area contributed by atoms with Crippen LogP contribution in [0.5, 0.6) is 0 Å². The van der Waals surface area contributed by atoms with Gasteiger partial charge in [-0.2, -0.15) is 0 Å². The molecule has 2 heterocycles. The van der Waals surface area contributed by atoms with E-state index in [1.165, 1.54) is 0 Å². The normalized spacial score (nSPS) is 20.1. The summed E-state index contributed by atoms with van der Waals surface area (Å²) in [7, 11) is 0. The maximum absolute atomic E-state index is 12.8. The van der Waals surface area contributed by atoms with Crippen molar-refractivity contribution >= 4 is 16.8 Å². The summed E-state index contributed by atoms with van der Waals surface area (Å²) < 4.78 is 5.26. The number of aromatic nitrogens is 2. The fourth-order valence-corrected chi connectivity index (χ4v) is 3.78. The molecule has 0 aliphatic heterocycles. The van der Waals surface area contributed by atoms with Crippen LogP contribution < -0.4 is 5.32 Å². The van der Waals surface area contributed by atoms with Gasteiger partial charge in [0.1, 0.15) is 0 Å². The summed E-state index contributed by atoms with van der Waals surface area (Å²) in [5.41, 5.74) is 2.63. The van der Waals surface area contributed by atoms with Gasteiger partial charge in [0, 0.05) is 17.6 Å². The highest BCUT2D eigenvalue weighted by atomic mass is 16.5. The fraction of sp³-hybridized carbons (Fsp3) is 0.409. The lowest BCUT2D eigenvalue weighted by atomic mass is 9.75. The number of carbonyl (C=O) groups is 1. The minimum atomic E-state index is -0.305. The Bertz CT molecular complexity index is 976. The first-order valence-corrected chi connectivity index (χ1v) is 9.79. The molecule has 0 radical (unpaired) electrons. The van der Waals surface area contributed by atoms with E-state index in [2.05, 4.69) is 35.4 Å². The van der Waals surface area contributed by atoms with E-state index in [4.69, 9.17) is 4.52 Å². The molecule has 1 fully saturated rings. The number of hydrogen-bond donors (Lipinski definition) is 2. The van der Waals surface area contributed by atoms with Crippen molar-refractivity contribution in [2.75, 3.05) is 0 Å². The number of nitrogens with zero attached hydrogens (tertiary/aromatic N) is 2. The molecule has 6 nitrogen and oxygen atoms in total. The lowest BCUT2D eigenvalue weighted by Gasteiger charge is -2.38. The second-order valence-electron chi connectivity index (χ2n) is 8.08. The number of hydrogen-bond acceptors (Lipinski definition) is 5. The smallest absolute Gasteiger partial charge is 0.290 e. The van der Waals surface area contributed by atoms with Crippen molar-refractivity contribution in [1.29, 1.82) is 0 Å². The minimum absolute atomic E-state index is 0.167. The van der Waals surface area contributed by atoms with Crippen molar-refractivity contribution in [3.05, 3.63) is 59.6 Å². The predicted molar refractivity (Wildman–Crippen MR) is 106 cm³/mol. The Morgan fingerprint density at radius 3 is 2.82 bits per heavy atom. The Balaban J connectivity index is 1.57. The number of rotatable bonds is 6. The molecule has 1 aromatic carbocycles. The predicted octanol–water partition coefficient (Wildman–Crippen LogP) is 3.66. The SMILES string of the molecule is CC(C)Cc1cc(C(=O)N[C@H](c2cnc3ccccc3c2)C2CC(O)C2)on1. The minimum Gasteiger partial charge on any atom is -0.393 e. The zero-order chi connectivity index (χ0) is 19.7. The van der Waals surface area contributed by atoms with Gasteiger partial charge < -0.3 is 14.9 Å². The van der Waals surface area contributed by atoms with E-state index in [0.29, 0.717) is 18.8 Å². The van der Waals surface area contributed by atoms with Crippen LogP contribution in [0.25, 0.3) is 10.9 Å². The van der Waals surface area contributed by atoms with E-state index in [9.17, 15) is 9.90 Å². The van der Waals surface area contributed by atoms with E-state index in [-0.39, 0.29) is 29.7 Å². The molecule has 3 aromatic rings. The summed E-state index contributed by atoms with van der Waals surface area (Å²) in [6.45, 7) is 4.19. The van der Waals surface area contributed by atoms with Crippen LogP contribution in [0.4, 0.5) is 0 Å². The van der Waals surface area contributed by atoms with Crippen LogP contribution in [-0.4, -0.2) is 27.3 Å². The maximum atomic E-state index is 12.8. The molecule has 0 saturated heterocycles. The molecule has 0 unspecified atom stereocenters. The van der Waals surface area contributed by atoms with Crippen LogP contribution in [0.3, 0.4) is 0 Å². The van der Waals surface area contributed by atoms with Gasteiger partial charge in [-0.15, -0.1) is 0 Å². The maximum Gasteiger partial charge on any atom is 0.290 e. The Morgan fingerprint density at radius 1 is 1.29 bits per heavy atom. The van der Waals surface area contributed by atoms with Gasteiger partial charge in [0.05, 0.1) is 23.4 Å². The molecular formula is C22H25N3O3. The average molecular weight is 379 g/mol. The van der Waals surface area contributed by atoms with Crippen LogP contribution in [0.15, 0.2) is 47.1 Å². The van der Waals surface area contributed by atoms with Crippen molar-refractivity contribution < 1.29 is 14.4 Å². The van der Waals surface area contributed by atoms with E-state index in [1.54, 1.807) is 6.07 Å². The van der Waals surface area contributed by atoms with E-state index >= 15 is 0 Å². The molecule has 1 amide bonds. The molecule has 1 aliphatic carbocycles. The second-order valence-corrected chi connectivity index (χ2v) is 8.08. The number of pyridine rings is 1. The first-order valence-electron chi connectivity index (χ1n) is 9.79. The summed E-state index contributed by atoms with van der Waals surface area (Å²) in [6.07, 6.45) is 3.59. The summed E-state index contributed by atoms with van der Waals surface area (Å²) >= 11 is 0. The quantitative estimate of drug-likeness (QED) is 0.682. The van der Waals surface area contributed by atoms with Crippen LogP contribution in [0.1, 0.15) is 54.5 Å². The van der Waals surface area contributed by atoms with Gasteiger partial charge >= 0.3 is 0 Å². The zero-order valence-electron chi connectivity index (χ0n) is 16.1. The lowest BCUT2D eigenvalue weighted by Crippen LogP contribution is -2.41. The number of aliphatic hydroxyl groups excluding tert-OH is 1. The summed E-state index contributed by atoms with van der Waals surface area (Å²) in [4.78, 5) is 17.3. The molecular weight excluding hydrogens is 354 g/mol. The summed E-state index contributed by atoms with van der Waals surface area (Å²) in [5, 5.41) is 17.9. The third-order valence-electron chi connectivity index (χ3n) is 5.28. The molecule has 0 bridgehead atoms. The van der Waals surface area contributed by atoms with Crippen LogP contribution in [-0.2, 0) is 6.42 Å². The second kappa shape index (κ2) is 7.72. The third-order valence-corrected chi connectivity index (χ3v) is 5.28. The van der Waals surface area contributed by atoms with Gasteiger partial charge in [-0.05, 0) is 48.8 Å². The van der Waals surface area contributed by atoms with Gasteiger partial charge in [0.2, 0.25) is 5.76 Å². The Morgan fingerprint density at radius 2 is 2.07 bits per heavy atom. The molecule has 2 aromatic heterocycles. The van der Waals surface area contributed by atoms with Gasteiger partial charge in [-0.3, -0.25) is 9.78 Å². The Kier molecular flexibility index (Phi) is 5.13. The van der Waals surface area contributed by atoms with Crippen molar-refractivity contribution in [3.63, 3.8) is 0 Å². The summed E-state index contributed by atoms with van der Waals surface area (Å²) in [5.74, 6) is 0.533. The number of benzene rings is 1. The molecule has 6 heteroatoms. The number of aliphatic hydroxyl groups is 1. The van der Waals surface area contributed by atoms with Crippen molar-refractivity contribution in [3.8, 4) is 0 Å². The fourth-order valence-electron chi connectivity index (χ4n) is 3.78. The van der Waals surface area contributed by atoms with E-state index in [1.807, 2.05) is 30.5 Å². The average Bonchev–Trinajstić information content (AvgIpc) is 3.11. The number of amides is 1. The van der Waals surface area contributed by atoms with Gasteiger partial charge in [-0.25, -0.2) is 0 Å². The van der Waals surface area contributed by atoms with E-state index in [0.717, 1.165) is 28.6 Å². The summed E-state index contributed by atoms with van der Waals surface area (Å²) in [6, 6.07) is 11.4. The first kappa shape index (κ1) is 18.6. The number of nitrogens with one attached hydrogen (secondary N) is 1. The topological polar surface area (TPSA) is 88.2 Å². The molecule has 1 saturated carbocycles. The van der Waals surface area contributed by atoms with E-state index < -0.39 is 0 Å². The van der Waals surface area contributed by atoms with Crippen molar-refractivity contribution in [2.45, 2.75) is 45.3 Å². The zero-order valence-corrected chi connectivity index (χ0v) is 16.1.